The highest BCUT2D eigenvalue weighted by Gasteiger charge is 2.19. The SMILES string of the molecule is Cc1cc(S(=O)(=O)NCC(O)Cc2ccccc2)sc1C. The molecule has 1 heterocycles. The average Bonchev–Trinajstić information content (AvgIpc) is 2.79. The third-order valence-electron chi connectivity index (χ3n) is 3.23. The summed E-state index contributed by atoms with van der Waals surface area (Å²) in [6.07, 6.45) is -0.324. The Morgan fingerprint density at radius 3 is 2.48 bits per heavy atom. The van der Waals surface area contributed by atoms with E-state index in [0.29, 0.717) is 10.6 Å². The van der Waals surface area contributed by atoms with Gasteiger partial charge in [-0.1, -0.05) is 30.3 Å². The predicted octanol–water partition coefficient (Wildman–Crippen LogP) is 2.25. The molecule has 1 unspecified atom stereocenters. The molecule has 6 heteroatoms. The lowest BCUT2D eigenvalue weighted by Crippen LogP contribution is -2.32. The molecule has 0 amide bonds. The maximum Gasteiger partial charge on any atom is 0.250 e. The lowest BCUT2D eigenvalue weighted by Gasteiger charge is -2.11. The van der Waals surface area contributed by atoms with Gasteiger partial charge in [0, 0.05) is 11.4 Å². The van der Waals surface area contributed by atoms with Crippen LogP contribution in [0, 0.1) is 13.8 Å². The van der Waals surface area contributed by atoms with E-state index in [1.807, 2.05) is 44.2 Å². The Morgan fingerprint density at radius 1 is 1.24 bits per heavy atom. The molecule has 0 fully saturated rings. The van der Waals surface area contributed by atoms with Crippen molar-refractivity contribution in [2.24, 2.45) is 0 Å². The lowest BCUT2D eigenvalue weighted by atomic mass is 10.1. The first-order chi connectivity index (χ1) is 9.88. The van der Waals surface area contributed by atoms with E-state index in [2.05, 4.69) is 4.72 Å². The standard InChI is InChI=1S/C15H19NO3S2/c1-11-8-15(20-12(11)2)21(18,19)16-10-14(17)9-13-6-4-3-5-7-13/h3-8,14,16-17H,9-10H2,1-2H3. The van der Waals surface area contributed by atoms with Crippen molar-refractivity contribution >= 4 is 21.4 Å². The number of rotatable bonds is 6. The molecule has 21 heavy (non-hydrogen) atoms. The van der Waals surface area contributed by atoms with Crippen molar-refractivity contribution in [2.75, 3.05) is 6.54 Å². The lowest BCUT2D eigenvalue weighted by molar-refractivity contribution is 0.179. The van der Waals surface area contributed by atoms with E-state index >= 15 is 0 Å². The largest absolute Gasteiger partial charge is 0.391 e. The molecule has 0 aliphatic rings. The van der Waals surface area contributed by atoms with E-state index in [1.165, 1.54) is 11.3 Å². The molecule has 2 N–H and O–H groups in total. The van der Waals surface area contributed by atoms with Crippen molar-refractivity contribution in [1.82, 2.24) is 4.72 Å². The number of benzene rings is 1. The summed E-state index contributed by atoms with van der Waals surface area (Å²) in [6, 6.07) is 11.2. The highest BCUT2D eigenvalue weighted by Crippen LogP contribution is 2.24. The van der Waals surface area contributed by atoms with Crippen LogP contribution in [0.3, 0.4) is 0 Å². The maximum absolute atomic E-state index is 12.1. The van der Waals surface area contributed by atoms with Gasteiger partial charge in [0.1, 0.15) is 4.21 Å². The smallest absolute Gasteiger partial charge is 0.250 e. The van der Waals surface area contributed by atoms with Crippen LogP contribution in [-0.2, 0) is 16.4 Å². The van der Waals surface area contributed by atoms with Crippen LogP contribution < -0.4 is 4.72 Å². The van der Waals surface area contributed by atoms with Crippen LogP contribution in [0.25, 0.3) is 0 Å². The fourth-order valence-corrected chi connectivity index (χ4v) is 4.54. The second-order valence-electron chi connectivity index (χ2n) is 5.00. The van der Waals surface area contributed by atoms with Gasteiger partial charge in [-0.05, 0) is 37.5 Å². The number of hydrogen-bond donors (Lipinski definition) is 2. The van der Waals surface area contributed by atoms with E-state index in [-0.39, 0.29) is 6.54 Å². The molecule has 2 aromatic rings. The van der Waals surface area contributed by atoms with Gasteiger partial charge in [-0.3, -0.25) is 0 Å². The minimum absolute atomic E-state index is 0.00717. The summed E-state index contributed by atoms with van der Waals surface area (Å²) in [5.41, 5.74) is 1.94. The van der Waals surface area contributed by atoms with Crippen molar-refractivity contribution < 1.29 is 13.5 Å². The molecule has 1 aromatic carbocycles. The number of aryl methyl sites for hydroxylation is 2. The van der Waals surface area contributed by atoms with Crippen molar-refractivity contribution in [2.45, 2.75) is 30.6 Å². The number of thiophene rings is 1. The number of aliphatic hydroxyl groups is 1. The summed E-state index contributed by atoms with van der Waals surface area (Å²) in [4.78, 5) is 0.986. The van der Waals surface area contributed by atoms with Gasteiger partial charge in [0.15, 0.2) is 0 Å². The first-order valence-electron chi connectivity index (χ1n) is 6.67. The van der Waals surface area contributed by atoms with Crippen LogP contribution in [0.4, 0.5) is 0 Å². The fourth-order valence-electron chi connectivity index (χ4n) is 1.91. The number of hydrogen-bond acceptors (Lipinski definition) is 4. The van der Waals surface area contributed by atoms with Gasteiger partial charge in [-0.15, -0.1) is 11.3 Å². The Balaban J connectivity index is 1.95. The summed E-state index contributed by atoms with van der Waals surface area (Å²) in [5, 5.41) is 9.95. The third-order valence-corrected chi connectivity index (χ3v) is 6.28. The van der Waals surface area contributed by atoms with Gasteiger partial charge in [0.25, 0.3) is 0 Å². The highest BCUT2D eigenvalue weighted by atomic mass is 32.2. The summed E-state index contributed by atoms with van der Waals surface area (Å²) in [6.45, 7) is 3.78. The minimum atomic E-state index is -3.54. The van der Waals surface area contributed by atoms with Gasteiger partial charge < -0.3 is 5.11 Å². The first-order valence-corrected chi connectivity index (χ1v) is 8.97. The maximum atomic E-state index is 12.1. The second-order valence-corrected chi connectivity index (χ2v) is 8.25. The molecule has 0 aliphatic heterocycles. The molecular formula is C15H19NO3S2. The molecule has 114 valence electrons. The summed E-state index contributed by atoms with van der Waals surface area (Å²) < 4.78 is 27.0. The molecule has 0 saturated heterocycles. The molecule has 0 bridgehead atoms. The first kappa shape index (κ1) is 16.2. The van der Waals surface area contributed by atoms with Gasteiger partial charge in [0.05, 0.1) is 6.10 Å². The van der Waals surface area contributed by atoms with Crippen LogP contribution >= 0.6 is 11.3 Å². The summed E-state index contributed by atoms with van der Waals surface area (Å²) in [5.74, 6) is 0. The van der Waals surface area contributed by atoms with Crippen LogP contribution in [0.1, 0.15) is 16.0 Å². The number of sulfonamides is 1. The monoisotopic (exact) mass is 325 g/mol. The molecule has 1 atom stereocenters. The molecule has 0 spiro atoms. The molecule has 0 aliphatic carbocycles. The quantitative estimate of drug-likeness (QED) is 0.856. The number of nitrogens with one attached hydrogen (secondary N) is 1. The van der Waals surface area contributed by atoms with Gasteiger partial charge in [-0.25, -0.2) is 13.1 Å². The van der Waals surface area contributed by atoms with Crippen LogP contribution in [0.15, 0.2) is 40.6 Å². The normalized spacial score (nSPS) is 13.3. The molecule has 0 radical (unpaired) electrons. The summed E-state index contributed by atoms with van der Waals surface area (Å²) in [7, 11) is -3.54. The molecule has 4 nitrogen and oxygen atoms in total. The molecule has 2 rings (SSSR count). The van der Waals surface area contributed by atoms with E-state index in [0.717, 1.165) is 16.0 Å². The van der Waals surface area contributed by atoms with E-state index < -0.39 is 16.1 Å². The van der Waals surface area contributed by atoms with Crippen LogP contribution in [0.5, 0.6) is 0 Å². The van der Waals surface area contributed by atoms with Crippen molar-refractivity contribution in [3.05, 3.63) is 52.4 Å². The Morgan fingerprint density at radius 2 is 1.90 bits per heavy atom. The Kier molecular flexibility index (Phi) is 5.16. The minimum Gasteiger partial charge on any atom is -0.391 e. The Hall–Kier alpha value is -1.21. The summed E-state index contributed by atoms with van der Waals surface area (Å²) >= 11 is 1.24. The second kappa shape index (κ2) is 6.70. The van der Waals surface area contributed by atoms with E-state index in [9.17, 15) is 13.5 Å². The molecule has 1 aromatic heterocycles. The zero-order chi connectivity index (χ0) is 15.5. The van der Waals surface area contributed by atoms with E-state index in [1.54, 1.807) is 6.07 Å². The van der Waals surface area contributed by atoms with Gasteiger partial charge in [0.2, 0.25) is 10.0 Å². The third kappa shape index (κ3) is 4.38. The van der Waals surface area contributed by atoms with Gasteiger partial charge >= 0.3 is 0 Å². The van der Waals surface area contributed by atoms with Crippen molar-refractivity contribution in [3.8, 4) is 0 Å². The predicted molar refractivity (Wildman–Crippen MR) is 85.1 cm³/mol. The fraction of sp³-hybridized carbons (Fsp3) is 0.333. The number of aliphatic hydroxyl groups excluding tert-OH is 1. The van der Waals surface area contributed by atoms with Crippen LogP contribution in [-0.4, -0.2) is 26.2 Å². The Labute approximate surface area is 129 Å². The topological polar surface area (TPSA) is 66.4 Å². The van der Waals surface area contributed by atoms with Crippen LogP contribution in [0.2, 0.25) is 0 Å². The van der Waals surface area contributed by atoms with Crippen molar-refractivity contribution in [3.63, 3.8) is 0 Å². The molecule has 0 saturated carbocycles. The zero-order valence-electron chi connectivity index (χ0n) is 12.0. The van der Waals surface area contributed by atoms with Gasteiger partial charge in [-0.2, -0.15) is 0 Å². The Bertz CT molecular complexity index is 673. The highest BCUT2D eigenvalue weighted by molar-refractivity contribution is 7.91. The molecular weight excluding hydrogens is 306 g/mol. The van der Waals surface area contributed by atoms with Crippen molar-refractivity contribution in [1.29, 1.82) is 0 Å². The average molecular weight is 325 g/mol. The zero-order valence-corrected chi connectivity index (χ0v) is 13.7. The van der Waals surface area contributed by atoms with E-state index in [4.69, 9.17) is 0 Å².